The molecule has 1 unspecified atom stereocenters. The van der Waals surface area contributed by atoms with Crippen LogP contribution in [0, 0.1) is 0 Å². The quantitative estimate of drug-likeness (QED) is 0.0199. The molecule has 12 nitrogen and oxygen atoms in total. The Bertz CT molecular complexity index is 3740. The first kappa shape index (κ1) is 53.6. The Hall–Kier alpha value is -9.06. The van der Waals surface area contributed by atoms with Gasteiger partial charge in [0.2, 0.25) is 11.7 Å². The molecule has 2 N–H and O–H groups in total. The summed E-state index contributed by atoms with van der Waals surface area (Å²) in [5, 5.41) is 13.5. The number of rotatable bonds is 19. The number of amides is 2. The Kier molecular flexibility index (Phi) is 15.9. The molecule has 404 valence electrons. The van der Waals surface area contributed by atoms with E-state index < -0.39 is 53.6 Å². The van der Waals surface area contributed by atoms with Gasteiger partial charge in [0.1, 0.15) is 39.5 Å². The lowest BCUT2D eigenvalue weighted by atomic mass is 9.77. The third-order valence-corrected chi connectivity index (χ3v) is 17.5. The molecule has 2 atom stereocenters. The number of benzene rings is 8. The number of oxime groups is 1. The lowest BCUT2D eigenvalue weighted by Crippen LogP contribution is -2.71. The van der Waals surface area contributed by atoms with Crippen LogP contribution in [0.5, 0.6) is 0 Å². The van der Waals surface area contributed by atoms with Crippen molar-refractivity contribution in [3.8, 4) is 0 Å². The fourth-order valence-corrected chi connectivity index (χ4v) is 13.7. The highest BCUT2D eigenvalue weighted by molar-refractivity contribution is 8.00. The smallest absolute Gasteiger partial charge is 0.347 e. The topological polar surface area (TPSA) is 144 Å². The monoisotopic (exact) mass is 1150 g/mol. The van der Waals surface area contributed by atoms with Crippen molar-refractivity contribution < 1.29 is 28.7 Å². The minimum Gasteiger partial charge on any atom is -0.469 e. The number of anilines is 1. The van der Waals surface area contributed by atoms with Gasteiger partial charge in [-0.25, -0.2) is 14.8 Å². The third-order valence-electron chi connectivity index (χ3n) is 14.1. The molecule has 0 saturated carbocycles. The maximum atomic E-state index is 15.1. The number of para-hydroxylation sites is 1. The number of esters is 1. The zero-order valence-corrected chi connectivity index (χ0v) is 47.0. The average molecular weight is 1150 g/mol. The van der Waals surface area contributed by atoms with E-state index in [1.165, 1.54) is 34.4 Å². The summed E-state index contributed by atoms with van der Waals surface area (Å²) in [5.74, 6) is -1.51. The predicted molar refractivity (Wildman–Crippen MR) is 328 cm³/mol. The number of aromatic nitrogens is 2. The van der Waals surface area contributed by atoms with Gasteiger partial charge in [0.05, 0.1) is 10.2 Å². The fraction of sp³-hybridized carbons (Fsp3) is 0.106. The molecule has 0 aliphatic carbocycles. The summed E-state index contributed by atoms with van der Waals surface area (Å²) in [6.07, 6.45) is -1.35. The van der Waals surface area contributed by atoms with E-state index in [9.17, 15) is 9.59 Å². The zero-order valence-electron chi connectivity index (χ0n) is 43.7. The number of thiazole rings is 2. The highest BCUT2D eigenvalue weighted by Gasteiger charge is 2.55. The van der Waals surface area contributed by atoms with Gasteiger partial charge >= 0.3 is 5.97 Å². The molecule has 2 aliphatic heterocycles. The molecule has 12 rings (SSSR count). The van der Waals surface area contributed by atoms with Gasteiger partial charge in [0.15, 0.2) is 16.9 Å². The van der Waals surface area contributed by atoms with Gasteiger partial charge in [-0.3, -0.25) is 14.5 Å². The van der Waals surface area contributed by atoms with Crippen LogP contribution in [-0.2, 0) is 34.2 Å². The molecule has 1 fully saturated rings. The number of thiocarbonyl (C=S) groups is 1. The number of nitrogens with zero attached hydrogens (tertiary/aromatic N) is 4. The van der Waals surface area contributed by atoms with Crippen molar-refractivity contribution in [1.82, 2.24) is 20.2 Å². The van der Waals surface area contributed by atoms with Crippen molar-refractivity contribution in [3.63, 3.8) is 0 Å². The summed E-state index contributed by atoms with van der Waals surface area (Å²) >= 11 is 10.5. The highest BCUT2D eigenvalue weighted by atomic mass is 32.2. The number of carbonyl (C=O) groups is 3. The molecule has 0 spiro atoms. The van der Waals surface area contributed by atoms with Crippen LogP contribution in [-0.4, -0.2) is 67.2 Å². The number of hydrogen-bond acceptors (Lipinski definition) is 14. The number of fused-ring (bicyclic) bond motifs is 2. The Morgan fingerprint density at radius 2 is 1.11 bits per heavy atom. The van der Waals surface area contributed by atoms with Crippen molar-refractivity contribution in [2.75, 3.05) is 17.7 Å². The molecular weight excluding hydrogens is 1100 g/mol. The molecule has 0 bridgehead atoms. The van der Waals surface area contributed by atoms with Crippen LogP contribution in [0.1, 0.15) is 61.9 Å². The molecule has 1 saturated heterocycles. The third kappa shape index (κ3) is 11.1. The molecule has 0 radical (unpaired) electrons. The van der Waals surface area contributed by atoms with Gasteiger partial charge in [0, 0.05) is 16.7 Å². The Morgan fingerprint density at radius 1 is 0.634 bits per heavy atom. The van der Waals surface area contributed by atoms with Gasteiger partial charge in [-0.05, 0) is 63.3 Å². The molecular formula is C66H50N6O6S4. The first-order valence-electron chi connectivity index (χ1n) is 26.4. The lowest BCUT2D eigenvalue weighted by Gasteiger charge is -2.50. The van der Waals surface area contributed by atoms with Gasteiger partial charge < -0.3 is 24.9 Å². The molecule has 16 heteroatoms. The fourth-order valence-electron chi connectivity index (χ4n) is 10.2. The van der Waals surface area contributed by atoms with Crippen LogP contribution in [0.2, 0.25) is 0 Å². The lowest BCUT2D eigenvalue weighted by molar-refractivity contribution is -0.153. The van der Waals surface area contributed by atoms with Gasteiger partial charge in [-0.15, -0.1) is 34.4 Å². The molecule has 2 amide bonds. The normalized spacial score (nSPS) is 15.2. The maximum absolute atomic E-state index is 15.1. The first-order valence-corrected chi connectivity index (χ1v) is 29.5. The van der Waals surface area contributed by atoms with E-state index in [4.69, 9.17) is 36.5 Å². The van der Waals surface area contributed by atoms with Crippen LogP contribution in [0.4, 0.5) is 5.13 Å². The summed E-state index contributed by atoms with van der Waals surface area (Å²) < 4.78 is 13.9. The van der Waals surface area contributed by atoms with Crippen molar-refractivity contribution in [2.24, 2.45) is 5.16 Å². The van der Waals surface area contributed by atoms with E-state index >= 15 is 4.79 Å². The van der Waals surface area contributed by atoms with Crippen LogP contribution in [0.3, 0.4) is 0 Å². The van der Waals surface area contributed by atoms with Gasteiger partial charge in [-0.2, -0.15) is 0 Å². The van der Waals surface area contributed by atoms with E-state index in [-0.39, 0.29) is 16.5 Å². The Balaban J connectivity index is 0.871. The van der Waals surface area contributed by atoms with E-state index in [2.05, 4.69) is 52.2 Å². The summed E-state index contributed by atoms with van der Waals surface area (Å²) in [6.45, 7) is -0.650. The van der Waals surface area contributed by atoms with Crippen LogP contribution in [0.15, 0.2) is 253 Å². The second-order valence-electron chi connectivity index (χ2n) is 19.2. The summed E-state index contributed by atoms with van der Waals surface area (Å²) in [6, 6.07) is 75.4. The van der Waals surface area contributed by atoms with E-state index in [1.807, 2.05) is 200 Å². The first-order chi connectivity index (χ1) is 40.3. The Labute approximate surface area is 491 Å². The van der Waals surface area contributed by atoms with Gasteiger partial charge in [0.25, 0.3) is 11.8 Å². The number of ether oxygens (including phenoxy) is 2. The number of hydrogen-bond donors (Lipinski definition) is 2. The summed E-state index contributed by atoms with van der Waals surface area (Å²) in [5.41, 5.74) is 7.00. The average Bonchev–Trinajstić information content (AvgIpc) is 2.97. The zero-order chi connectivity index (χ0) is 55.8. The summed E-state index contributed by atoms with van der Waals surface area (Å²) in [7, 11) is 0. The minimum absolute atomic E-state index is 0.111. The number of carbonyl (C=O) groups excluding carboxylic acids is 3. The minimum atomic E-state index is -1.04. The van der Waals surface area contributed by atoms with E-state index in [1.54, 1.807) is 10.3 Å². The van der Waals surface area contributed by atoms with E-state index in [0.29, 0.717) is 21.6 Å². The van der Waals surface area contributed by atoms with Crippen LogP contribution < -0.4 is 10.6 Å². The molecule has 2 aromatic heterocycles. The number of thioether (sulfide) groups is 1. The number of β-lactam (4-membered cyclic amide) rings is 1. The molecule has 4 heterocycles. The van der Waals surface area contributed by atoms with Crippen molar-refractivity contribution in [3.05, 3.63) is 297 Å². The second kappa shape index (κ2) is 24.3. The van der Waals surface area contributed by atoms with Crippen molar-refractivity contribution in [2.45, 2.75) is 29.2 Å². The van der Waals surface area contributed by atoms with Gasteiger partial charge in [-0.1, -0.05) is 230 Å². The standard InChI is InChI=1S/C66H50N6O6S4/c73-54(77-58(43-24-8-1-9-25-43)44-26-10-2-11-27-44)40-76-71-55(52-42-81-65(68-52)70-66(47-32-16-5-17-33-47,48-34-18-6-19-35-48)49-36-20-7-21-37-49)60(74)69-56-62(75)72-57(50(41-80-63(56)72)61-67-51-38-22-23-39-53(51)82-61)64(79)78-59(45-28-12-3-13-29-45)46-30-14-4-15-31-46/h1-39,42,56,58-59,63H,40-41H2,(H,68,70)(H,69,74)/b71-55-/t56?,63-/m1/s1. The molecule has 10 aromatic rings. The largest absolute Gasteiger partial charge is 0.469 e. The van der Waals surface area contributed by atoms with E-state index in [0.717, 1.165) is 54.7 Å². The SMILES string of the molecule is O=C(CO/N=C(\C(=O)NC1C(=O)N2C(C(=S)OC(c3ccccc3)c3ccccc3)=C(c3nc4ccccc4s3)CS[C@H]12)c1csc(NC(c2ccccc2)(c2ccccc2)c2ccccc2)n1)OC(c1ccccc1)c1ccccc1. The van der Waals surface area contributed by atoms with Crippen LogP contribution in [0.25, 0.3) is 15.8 Å². The second-order valence-corrected chi connectivity index (χ2v) is 22.6. The summed E-state index contributed by atoms with van der Waals surface area (Å²) in [4.78, 5) is 61.2. The molecule has 8 aromatic carbocycles. The highest BCUT2D eigenvalue weighted by Crippen LogP contribution is 2.47. The Morgan fingerprint density at radius 3 is 1.62 bits per heavy atom. The maximum Gasteiger partial charge on any atom is 0.347 e. The van der Waals surface area contributed by atoms with Crippen LogP contribution >= 0.6 is 46.7 Å². The van der Waals surface area contributed by atoms with Crippen molar-refractivity contribution in [1.29, 1.82) is 0 Å². The number of nitrogens with one attached hydrogen (secondary N) is 2. The molecule has 2 aliphatic rings. The van der Waals surface area contributed by atoms with Crippen molar-refractivity contribution >= 4 is 96.1 Å². The molecule has 82 heavy (non-hydrogen) atoms. The predicted octanol–water partition coefficient (Wildman–Crippen LogP) is 13.2.